The zero-order valence-corrected chi connectivity index (χ0v) is 16.9. The molecule has 8 nitrogen and oxygen atoms in total. The Morgan fingerprint density at radius 1 is 1.32 bits per heavy atom. The zero-order valence-electron chi connectivity index (χ0n) is 16.9. The van der Waals surface area contributed by atoms with Crippen LogP contribution in [0.4, 0.5) is 5.69 Å². The molecule has 2 aromatic rings. The topological polar surface area (TPSA) is 104 Å². The number of rotatable bonds is 5. The number of anilines is 1. The summed E-state index contributed by atoms with van der Waals surface area (Å²) in [6, 6.07) is 7.91. The van der Waals surface area contributed by atoms with Crippen molar-refractivity contribution in [3.63, 3.8) is 0 Å². The summed E-state index contributed by atoms with van der Waals surface area (Å²) in [5, 5.41) is 13.5. The van der Waals surface area contributed by atoms with Gasteiger partial charge in [-0.25, -0.2) is 4.99 Å². The van der Waals surface area contributed by atoms with E-state index in [4.69, 9.17) is 4.52 Å². The van der Waals surface area contributed by atoms with E-state index in [1.54, 1.807) is 0 Å². The summed E-state index contributed by atoms with van der Waals surface area (Å²) in [5.74, 6) is 1.93. The Morgan fingerprint density at radius 3 is 2.82 bits per heavy atom. The predicted octanol–water partition coefficient (Wildman–Crippen LogP) is 2.55. The molecule has 28 heavy (non-hydrogen) atoms. The van der Waals surface area contributed by atoms with Gasteiger partial charge in [-0.05, 0) is 18.6 Å². The van der Waals surface area contributed by atoms with Crippen LogP contribution >= 0.6 is 0 Å². The Hall–Kier alpha value is -2.90. The first-order valence-electron chi connectivity index (χ1n) is 9.61. The molecule has 0 bridgehead atoms. The third-order valence-corrected chi connectivity index (χ3v) is 4.45. The molecule has 0 spiro atoms. The third-order valence-electron chi connectivity index (χ3n) is 4.45. The van der Waals surface area contributed by atoms with Crippen LogP contribution in [0.5, 0.6) is 0 Å². The van der Waals surface area contributed by atoms with Crippen molar-refractivity contribution in [2.24, 2.45) is 4.99 Å². The molecular formula is C20H28N6O2. The molecule has 1 amide bonds. The van der Waals surface area contributed by atoms with Crippen molar-refractivity contribution in [3.8, 4) is 0 Å². The van der Waals surface area contributed by atoms with E-state index < -0.39 is 0 Å². The first-order valence-corrected chi connectivity index (χ1v) is 9.61. The summed E-state index contributed by atoms with van der Waals surface area (Å²) in [6.07, 6.45) is 0.448. The van der Waals surface area contributed by atoms with E-state index in [1.165, 1.54) is 0 Å². The first kappa shape index (κ1) is 19.9. The van der Waals surface area contributed by atoms with Crippen molar-refractivity contribution in [1.29, 1.82) is 0 Å². The molecular weight excluding hydrogens is 356 g/mol. The third kappa shape index (κ3) is 4.88. The number of amides is 1. The summed E-state index contributed by atoms with van der Waals surface area (Å²) >= 11 is 0. The van der Waals surface area contributed by atoms with Crippen molar-refractivity contribution < 1.29 is 9.32 Å². The van der Waals surface area contributed by atoms with Crippen molar-refractivity contribution in [2.75, 3.05) is 18.4 Å². The van der Waals surface area contributed by atoms with Gasteiger partial charge in [-0.15, -0.1) is 0 Å². The molecule has 3 rings (SSSR count). The molecule has 1 aromatic heterocycles. The molecule has 0 fully saturated rings. The number of guanidine groups is 1. The molecule has 1 aromatic carbocycles. The van der Waals surface area contributed by atoms with E-state index in [2.05, 4.69) is 37.1 Å². The van der Waals surface area contributed by atoms with Crippen LogP contribution in [0.3, 0.4) is 0 Å². The van der Waals surface area contributed by atoms with E-state index in [-0.39, 0.29) is 17.2 Å². The minimum atomic E-state index is -0.188. The Bertz CT molecular complexity index is 852. The summed E-state index contributed by atoms with van der Waals surface area (Å²) in [6.45, 7) is 9.73. The first-order chi connectivity index (χ1) is 13.4. The minimum Gasteiger partial charge on any atom is -0.357 e. The number of fused-ring (bicyclic) bond motifs is 1. The largest absolute Gasteiger partial charge is 0.357 e. The van der Waals surface area contributed by atoms with E-state index in [0.717, 1.165) is 17.8 Å². The second-order valence-corrected chi connectivity index (χ2v) is 7.88. The second-order valence-electron chi connectivity index (χ2n) is 7.88. The van der Waals surface area contributed by atoms with Crippen molar-refractivity contribution >= 4 is 17.6 Å². The number of carbonyl (C=O) groups excluding carboxylic acids is 1. The summed E-state index contributed by atoms with van der Waals surface area (Å²) in [4.78, 5) is 20.9. The fourth-order valence-corrected chi connectivity index (χ4v) is 3.02. The Morgan fingerprint density at radius 2 is 2.11 bits per heavy atom. The van der Waals surface area contributed by atoms with E-state index in [9.17, 15) is 4.79 Å². The molecule has 1 aliphatic rings. The number of nitrogens with one attached hydrogen (secondary N) is 3. The Labute approximate surface area is 165 Å². The lowest BCUT2D eigenvalue weighted by molar-refractivity contribution is -0.116. The van der Waals surface area contributed by atoms with Gasteiger partial charge in [-0.1, -0.05) is 44.1 Å². The lowest BCUT2D eigenvalue weighted by atomic mass is 9.90. The summed E-state index contributed by atoms with van der Waals surface area (Å²) in [7, 11) is 0. The quantitative estimate of drug-likeness (QED) is 0.541. The molecule has 150 valence electrons. The van der Waals surface area contributed by atoms with Gasteiger partial charge in [0.15, 0.2) is 11.8 Å². The highest BCUT2D eigenvalue weighted by Gasteiger charge is 2.25. The van der Waals surface area contributed by atoms with Gasteiger partial charge in [-0.3, -0.25) is 4.79 Å². The van der Waals surface area contributed by atoms with E-state index in [1.807, 2.05) is 45.9 Å². The van der Waals surface area contributed by atoms with Gasteiger partial charge in [0.25, 0.3) is 0 Å². The average molecular weight is 384 g/mol. The van der Waals surface area contributed by atoms with Crippen LogP contribution in [0, 0.1) is 0 Å². The Kier molecular flexibility index (Phi) is 5.96. The van der Waals surface area contributed by atoms with E-state index >= 15 is 0 Å². The molecule has 0 radical (unpaired) electrons. The Balaban J connectivity index is 1.66. The zero-order chi connectivity index (χ0) is 20.1. The average Bonchev–Trinajstić information content (AvgIpc) is 3.13. The van der Waals surface area contributed by atoms with Crippen LogP contribution in [0.15, 0.2) is 33.8 Å². The van der Waals surface area contributed by atoms with Crippen LogP contribution in [0.1, 0.15) is 57.3 Å². The smallest absolute Gasteiger partial charge is 0.232 e. The number of aromatic nitrogens is 2. The van der Waals surface area contributed by atoms with Crippen LogP contribution in [0.25, 0.3) is 0 Å². The monoisotopic (exact) mass is 384 g/mol. The van der Waals surface area contributed by atoms with Gasteiger partial charge in [-0.2, -0.15) is 4.98 Å². The lowest BCUT2D eigenvalue weighted by Crippen LogP contribution is -2.40. The van der Waals surface area contributed by atoms with Crippen LogP contribution in [0.2, 0.25) is 0 Å². The van der Waals surface area contributed by atoms with Crippen LogP contribution in [-0.4, -0.2) is 35.1 Å². The molecule has 1 aliphatic heterocycles. The van der Waals surface area contributed by atoms with Crippen molar-refractivity contribution in [3.05, 3.63) is 41.5 Å². The molecule has 0 saturated carbocycles. The van der Waals surface area contributed by atoms with E-state index in [0.29, 0.717) is 37.2 Å². The second kappa shape index (κ2) is 8.41. The molecule has 3 N–H and O–H groups in total. The SMILES string of the molecule is CCNC(=NCc1noc(C(C)(C)C)n1)NCC1CC(=O)Nc2ccccc21. The number of aliphatic imine (C=N–C) groups is 1. The van der Waals surface area contributed by atoms with Gasteiger partial charge >= 0.3 is 0 Å². The number of hydrogen-bond acceptors (Lipinski definition) is 5. The van der Waals surface area contributed by atoms with Crippen molar-refractivity contribution in [1.82, 2.24) is 20.8 Å². The number of benzene rings is 1. The lowest BCUT2D eigenvalue weighted by Gasteiger charge is -2.26. The van der Waals surface area contributed by atoms with Gasteiger partial charge in [0, 0.05) is 36.5 Å². The molecule has 0 saturated heterocycles. The molecule has 2 heterocycles. The van der Waals surface area contributed by atoms with Gasteiger partial charge in [0.1, 0.15) is 6.54 Å². The number of hydrogen-bond donors (Lipinski definition) is 3. The summed E-state index contributed by atoms with van der Waals surface area (Å²) < 4.78 is 5.31. The number of nitrogens with zero attached hydrogens (tertiary/aromatic N) is 3. The molecule has 1 unspecified atom stereocenters. The fourth-order valence-electron chi connectivity index (χ4n) is 3.02. The van der Waals surface area contributed by atoms with Gasteiger partial charge < -0.3 is 20.5 Å². The molecule has 0 aliphatic carbocycles. The van der Waals surface area contributed by atoms with Gasteiger partial charge in [0.05, 0.1) is 0 Å². The highest BCUT2D eigenvalue weighted by Crippen LogP contribution is 2.31. The highest BCUT2D eigenvalue weighted by molar-refractivity contribution is 5.94. The normalized spacial score (nSPS) is 17.1. The highest BCUT2D eigenvalue weighted by atomic mass is 16.5. The standard InChI is InChI=1S/C20H28N6O2/c1-5-21-19(23-12-16-25-18(28-26-16)20(2,3)4)22-11-13-10-17(27)24-15-9-7-6-8-14(13)15/h6-9,13H,5,10-12H2,1-4H3,(H,24,27)(H2,21,22,23). The minimum absolute atomic E-state index is 0.0361. The maximum Gasteiger partial charge on any atom is 0.232 e. The summed E-state index contributed by atoms with van der Waals surface area (Å²) in [5.41, 5.74) is 1.83. The fraction of sp³-hybridized carbons (Fsp3) is 0.500. The maximum absolute atomic E-state index is 12.0. The number of para-hydroxylation sites is 1. The predicted molar refractivity (Wildman–Crippen MR) is 108 cm³/mol. The van der Waals surface area contributed by atoms with Gasteiger partial charge in [0.2, 0.25) is 11.8 Å². The molecule has 8 heteroatoms. The van der Waals surface area contributed by atoms with Crippen LogP contribution < -0.4 is 16.0 Å². The molecule has 1 atom stereocenters. The van der Waals surface area contributed by atoms with Crippen molar-refractivity contribution in [2.45, 2.75) is 52.0 Å². The van der Waals surface area contributed by atoms with Crippen LogP contribution in [-0.2, 0) is 16.8 Å². The maximum atomic E-state index is 12.0. The number of carbonyl (C=O) groups is 1.